The second-order valence-electron chi connectivity index (χ2n) is 3.77. The molecule has 86 valence electrons. The maximum atomic E-state index is 10.7. The molecule has 1 aromatic heterocycles. The van der Waals surface area contributed by atoms with Gasteiger partial charge in [0.15, 0.2) is 5.16 Å². The quantitative estimate of drug-likeness (QED) is 0.590. The van der Waals surface area contributed by atoms with Crippen molar-refractivity contribution in [1.29, 1.82) is 0 Å². The summed E-state index contributed by atoms with van der Waals surface area (Å²) in [5.74, 6) is 1.44. The van der Waals surface area contributed by atoms with Crippen LogP contribution in [0.3, 0.4) is 0 Å². The van der Waals surface area contributed by atoms with Gasteiger partial charge >= 0.3 is 0 Å². The summed E-state index contributed by atoms with van der Waals surface area (Å²) in [5, 5.41) is 9.01. The minimum Gasteiger partial charge on any atom is -0.369 e. The first-order chi connectivity index (χ1) is 7.72. The molecular formula is C10H14N4OS. The zero-order valence-corrected chi connectivity index (χ0v) is 9.74. The Kier molecular flexibility index (Phi) is 3.28. The van der Waals surface area contributed by atoms with E-state index in [1.165, 1.54) is 24.6 Å². The second-order valence-corrected chi connectivity index (χ2v) is 4.71. The lowest BCUT2D eigenvalue weighted by Gasteiger charge is -2.05. The highest BCUT2D eigenvalue weighted by molar-refractivity contribution is 7.99. The maximum absolute atomic E-state index is 10.7. The standard InChI is InChI=1S/C10H14N4OS/c1-2-5-14-9(7-3-4-7)12-13-10(14)16-6-8(11)15/h2,7H,1,3-6H2,(H2,11,15). The van der Waals surface area contributed by atoms with Gasteiger partial charge in [-0.25, -0.2) is 0 Å². The van der Waals surface area contributed by atoms with Crippen LogP contribution in [-0.4, -0.2) is 26.4 Å². The molecule has 0 bridgehead atoms. The van der Waals surface area contributed by atoms with E-state index in [1.807, 2.05) is 10.6 Å². The summed E-state index contributed by atoms with van der Waals surface area (Å²) >= 11 is 1.33. The fourth-order valence-electron chi connectivity index (χ4n) is 1.49. The number of carbonyl (C=O) groups is 1. The number of thioether (sulfide) groups is 1. The smallest absolute Gasteiger partial charge is 0.227 e. The molecule has 0 aromatic carbocycles. The lowest BCUT2D eigenvalue weighted by atomic mass is 10.4. The summed E-state index contributed by atoms with van der Waals surface area (Å²) in [5.41, 5.74) is 5.11. The number of hydrogen-bond acceptors (Lipinski definition) is 4. The van der Waals surface area contributed by atoms with Crippen molar-refractivity contribution in [3.05, 3.63) is 18.5 Å². The van der Waals surface area contributed by atoms with E-state index in [-0.39, 0.29) is 11.7 Å². The summed E-state index contributed by atoms with van der Waals surface area (Å²) in [6, 6.07) is 0. The molecule has 1 heterocycles. The van der Waals surface area contributed by atoms with Gasteiger partial charge in [0, 0.05) is 12.5 Å². The second kappa shape index (κ2) is 4.69. The molecule has 5 nitrogen and oxygen atoms in total. The monoisotopic (exact) mass is 238 g/mol. The Bertz CT molecular complexity index is 411. The highest BCUT2D eigenvalue weighted by atomic mass is 32.2. The Morgan fingerprint density at radius 2 is 2.38 bits per heavy atom. The van der Waals surface area contributed by atoms with Crippen LogP contribution in [0.25, 0.3) is 0 Å². The summed E-state index contributed by atoms with van der Waals surface area (Å²) in [4.78, 5) is 10.7. The van der Waals surface area contributed by atoms with Crippen molar-refractivity contribution in [2.45, 2.75) is 30.5 Å². The fraction of sp³-hybridized carbons (Fsp3) is 0.500. The third-order valence-electron chi connectivity index (χ3n) is 2.34. The molecule has 1 fully saturated rings. The molecule has 0 atom stereocenters. The molecule has 0 unspecified atom stereocenters. The number of allylic oxidation sites excluding steroid dienone is 1. The third kappa shape index (κ3) is 2.44. The Hall–Kier alpha value is -1.30. The molecule has 0 aliphatic heterocycles. The number of hydrogen-bond donors (Lipinski definition) is 1. The average molecular weight is 238 g/mol. The highest BCUT2D eigenvalue weighted by Gasteiger charge is 2.30. The Morgan fingerprint density at radius 1 is 1.62 bits per heavy atom. The first-order valence-corrected chi connectivity index (χ1v) is 6.16. The van der Waals surface area contributed by atoms with Gasteiger partial charge in [0.1, 0.15) is 5.82 Å². The molecule has 1 aliphatic carbocycles. The van der Waals surface area contributed by atoms with E-state index in [0.29, 0.717) is 12.5 Å². The molecule has 2 rings (SSSR count). The number of rotatable bonds is 6. The molecule has 6 heteroatoms. The van der Waals surface area contributed by atoms with Crippen molar-refractivity contribution in [3.63, 3.8) is 0 Å². The molecular weight excluding hydrogens is 224 g/mol. The van der Waals surface area contributed by atoms with E-state index in [4.69, 9.17) is 5.73 Å². The number of nitrogens with two attached hydrogens (primary N) is 1. The van der Waals surface area contributed by atoms with Crippen LogP contribution in [0.5, 0.6) is 0 Å². The molecule has 1 saturated carbocycles. The van der Waals surface area contributed by atoms with Gasteiger partial charge in [-0.2, -0.15) is 0 Å². The van der Waals surface area contributed by atoms with Crippen molar-refractivity contribution < 1.29 is 4.79 Å². The van der Waals surface area contributed by atoms with Gasteiger partial charge in [-0.3, -0.25) is 4.79 Å². The maximum Gasteiger partial charge on any atom is 0.227 e. The van der Waals surface area contributed by atoms with E-state index in [0.717, 1.165) is 11.0 Å². The predicted octanol–water partition coefficient (Wildman–Crippen LogP) is 0.919. The van der Waals surface area contributed by atoms with E-state index in [2.05, 4.69) is 16.8 Å². The van der Waals surface area contributed by atoms with Crippen LogP contribution in [0.4, 0.5) is 0 Å². The van der Waals surface area contributed by atoms with Gasteiger partial charge in [-0.1, -0.05) is 17.8 Å². The van der Waals surface area contributed by atoms with Crippen LogP contribution in [0.2, 0.25) is 0 Å². The molecule has 0 saturated heterocycles. The van der Waals surface area contributed by atoms with E-state index in [1.54, 1.807) is 0 Å². The first-order valence-electron chi connectivity index (χ1n) is 5.17. The fourth-order valence-corrected chi connectivity index (χ4v) is 2.18. The van der Waals surface area contributed by atoms with Crippen molar-refractivity contribution in [2.75, 3.05) is 5.75 Å². The minimum absolute atomic E-state index is 0.236. The average Bonchev–Trinajstić information content (AvgIpc) is 3.00. The number of amides is 1. The number of aromatic nitrogens is 3. The van der Waals surface area contributed by atoms with Gasteiger partial charge in [-0.15, -0.1) is 16.8 Å². The highest BCUT2D eigenvalue weighted by Crippen LogP contribution is 2.39. The molecule has 1 amide bonds. The van der Waals surface area contributed by atoms with E-state index >= 15 is 0 Å². The summed E-state index contributed by atoms with van der Waals surface area (Å²) in [7, 11) is 0. The lowest BCUT2D eigenvalue weighted by Crippen LogP contribution is -2.14. The van der Waals surface area contributed by atoms with Crippen LogP contribution >= 0.6 is 11.8 Å². The summed E-state index contributed by atoms with van der Waals surface area (Å²) in [6.45, 7) is 4.40. The lowest BCUT2D eigenvalue weighted by molar-refractivity contribution is -0.115. The SMILES string of the molecule is C=CCn1c(SCC(N)=O)nnc1C1CC1. The van der Waals surface area contributed by atoms with Crippen LogP contribution in [-0.2, 0) is 11.3 Å². The van der Waals surface area contributed by atoms with Crippen LogP contribution in [0.15, 0.2) is 17.8 Å². The van der Waals surface area contributed by atoms with Crippen molar-refractivity contribution in [2.24, 2.45) is 5.73 Å². The van der Waals surface area contributed by atoms with Gasteiger partial charge in [0.25, 0.3) is 0 Å². The van der Waals surface area contributed by atoms with Gasteiger partial charge < -0.3 is 10.3 Å². The molecule has 1 aliphatic rings. The van der Waals surface area contributed by atoms with Crippen molar-refractivity contribution in [1.82, 2.24) is 14.8 Å². The van der Waals surface area contributed by atoms with Gasteiger partial charge in [0.05, 0.1) is 5.75 Å². The van der Waals surface area contributed by atoms with Crippen LogP contribution in [0.1, 0.15) is 24.6 Å². The number of carbonyl (C=O) groups excluding carboxylic acids is 1. The largest absolute Gasteiger partial charge is 0.369 e. The summed E-state index contributed by atoms with van der Waals surface area (Å²) < 4.78 is 2.01. The van der Waals surface area contributed by atoms with Crippen LogP contribution < -0.4 is 5.73 Å². The predicted molar refractivity (Wildman–Crippen MR) is 62.1 cm³/mol. The number of nitrogens with zero attached hydrogens (tertiary/aromatic N) is 3. The van der Waals surface area contributed by atoms with Crippen LogP contribution in [0, 0.1) is 0 Å². The Labute approximate surface area is 98.1 Å². The topological polar surface area (TPSA) is 73.8 Å². The molecule has 1 aromatic rings. The molecule has 0 spiro atoms. The van der Waals surface area contributed by atoms with Crippen molar-refractivity contribution >= 4 is 17.7 Å². The van der Waals surface area contributed by atoms with E-state index in [9.17, 15) is 4.79 Å². The Balaban J connectivity index is 2.15. The third-order valence-corrected chi connectivity index (χ3v) is 3.33. The zero-order chi connectivity index (χ0) is 11.5. The number of primary amides is 1. The van der Waals surface area contributed by atoms with Gasteiger partial charge in [-0.05, 0) is 12.8 Å². The minimum atomic E-state index is -0.342. The molecule has 16 heavy (non-hydrogen) atoms. The molecule has 2 N–H and O–H groups in total. The Morgan fingerprint density at radius 3 is 2.94 bits per heavy atom. The zero-order valence-electron chi connectivity index (χ0n) is 8.93. The first kappa shape index (κ1) is 11.2. The summed E-state index contributed by atoms with van der Waals surface area (Å²) in [6.07, 6.45) is 4.16. The van der Waals surface area contributed by atoms with E-state index < -0.39 is 0 Å². The van der Waals surface area contributed by atoms with Crippen molar-refractivity contribution in [3.8, 4) is 0 Å². The normalized spacial score (nSPS) is 15.0. The van der Waals surface area contributed by atoms with Gasteiger partial charge in [0.2, 0.25) is 5.91 Å². The molecule has 0 radical (unpaired) electrons.